The van der Waals surface area contributed by atoms with E-state index in [0.717, 1.165) is 5.56 Å². The minimum absolute atomic E-state index is 0.256. The molecule has 2 N–H and O–H groups in total. The van der Waals surface area contributed by atoms with Gasteiger partial charge in [0.05, 0.1) is 6.21 Å². The average Bonchev–Trinajstić information content (AvgIpc) is 2.46. The zero-order chi connectivity index (χ0) is 17.0. The van der Waals surface area contributed by atoms with Crippen LogP contribution in [0, 0.1) is 0 Å². The molecule has 0 saturated carbocycles. The van der Waals surface area contributed by atoms with E-state index in [1.165, 1.54) is 5.56 Å². The molecule has 0 fully saturated rings. The summed E-state index contributed by atoms with van der Waals surface area (Å²) < 4.78 is 0. The second-order valence-corrected chi connectivity index (χ2v) is 6.78. The van der Waals surface area contributed by atoms with Crippen LogP contribution >= 0.6 is 0 Å². The summed E-state index contributed by atoms with van der Waals surface area (Å²) in [6.07, 6.45) is 1.69. The molecule has 6 heteroatoms. The lowest BCUT2D eigenvalue weighted by atomic mass is 9.92. The molecule has 122 valence electrons. The van der Waals surface area contributed by atoms with Gasteiger partial charge in [0.1, 0.15) is 5.69 Å². The Labute approximate surface area is 136 Å². The highest BCUT2D eigenvalue weighted by Crippen LogP contribution is 2.24. The highest BCUT2D eigenvalue weighted by atomic mass is 16.1. The molecule has 0 spiro atoms. The fraction of sp³-hybridized carbons (Fsp3) is 0.412. The van der Waals surface area contributed by atoms with Crippen LogP contribution in [0.25, 0.3) is 0 Å². The van der Waals surface area contributed by atoms with Crippen LogP contribution in [-0.4, -0.2) is 21.4 Å². The topological polar surface area (TPSA) is 83.0 Å². The van der Waals surface area contributed by atoms with Crippen molar-refractivity contribution in [2.24, 2.45) is 5.10 Å². The molecule has 2 aromatic rings. The van der Waals surface area contributed by atoms with Crippen molar-refractivity contribution in [2.75, 3.05) is 5.43 Å². The SMILES string of the molecule is CC(C)c1ccc(/C=N/Nc2nc(=O)[nH]nc2C(C)(C)C)cc1. The second-order valence-electron chi connectivity index (χ2n) is 6.78. The first-order valence-electron chi connectivity index (χ1n) is 7.63. The summed E-state index contributed by atoms with van der Waals surface area (Å²) >= 11 is 0. The smallest absolute Gasteiger partial charge is 0.260 e. The van der Waals surface area contributed by atoms with Crippen LogP contribution in [0.1, 0.15) is 57.4 Å². The molecule has 0 unspecified atom stereocenters. The Morgan fingerprint density at radius 1 is 1.22 bits per heavy atom. The van der Waals surface area contributed by atoms with Crippen LogP contribution < -0.4 is 11.1 Å². The van der Waals surface area contributed by atoms with Crippen molar-refractivity contribution in [3.8, 4) is 0 Å². The van der Waals surface area contributed by atoms with E-state index >= 15 is 0 Å². The quantitative estimate of drug-likeness (QED) is 0.671. The number of aromatic amines is 1. The number of H-pyrrole nitrogens is 1. The van der Waals surface area contributed by atoms with Crippen LogP contribution in [0.15, 0.2) is 34.2 Å². The molecule has 0 atom stereocenters. The van der Waals surface area contributed by atoms with E-state index in [0.29, 0.717) is 17.4 Å². The third-order valence-electron chi connectivity index (χ3n) is 3.40. The van der Waals surface area contributed by atoms with Gasteiger partial charge in [-0.3, -0.25) is 5.43 Å². The van der Waals surface area contributed by atoms with Crippen LogP contribution in [-0.2, 0) is 5.41 Å². The molecule has 0 aliphatic rings. The van der Waals surface area contributed by atoms with E-state index in [9.17, 15) is 4.79 Å². The zero-order valence-corrected chi connectivity index (χ0v) is 14.2. The summed E-state index contributed by atoms with van der Waals surface area (Å²) in [5.41, 5.74) is 4.97. The molecule has 1 aromatic heterocycles. The second kappa shape index (κ2) is 6.73. The normalized spacial score (nSPS) is 12.1. The summed E-state index contributed by atoms with van der Waals surface area (Å²) in [5.74, 6) is 0.871. The van der Waals surface area contributed by atoms with E-state index < -0.39 is 5.69 Å². The highest BCUT2D eigenvalue weighted by molar-refractivity contribution is 5.80. The largest absolute Gasteiger partial charge is 0.363 e. The number of hydrogen-bond donors (Lipinski definition) is 2. The summed E-state index contributed by atoms with van der Waals surface area (Å²) in [7, 11) is 0. The summed E-state index contributed by atoms with van der Waals surface area (Å²) in [6, 6.07) is 8.18. The average molecular weight is 313 g/mol. The monoisotopic (exact) mass is 313 g/mol. The molecule has 1 heterocycles. The molecule has 0 bridgehead atoms. The first-order chi connectivity index (χ1) is 10.8. The van der Waals surface area contributed by atoms with E-state index in [2.05, 4.69) is 51.7 Å². The number of anilines is 1. The van der Waals surface area contributed by atoms with Crippen molar-refractivity contribution in [1.82, 2.24) is 15.2 Å². The number of rotatable bonds is 4. The van der Waals surface area contributed by atoms with Gasteiger partial charge in [0.15, 0.2) is 5.82 Å². The Morgan fingerprint density at radius 2 is 1.87 bits per heavy atom. The van der Waals surface area contributed by atoms with Crippen molar-refractivity contribution in [2.45, 2.75) is 46.0 Å². The Bertz CT molecular complexity index is 739. The molecule has 1 aromatic carbocycles. The number of hydrazone groups is 1. The van der Waals surface area contributed by atoms with Gasteiger partial charge >= 0.3 is 5.69 Å². The zero-order valence-electron chi connectivity index (χ0n) is 14.2. The molecule has 0 aliphatic heterocycles. The van der Waals surface area contributed by atoms with Crippen molar-refractivity contribution in [3.05, 3.63) is 51.6 Å². The molecule has 6 nitrogen and oxygen atoms in total. The Hall–Kier alpha value is -2.50. The minimum Gasteiger partial charge on any atom is -0.260 e. The lowest BCUT2D eigenvalue weighted by molar-refractivity contribution is 0.553. The highest BCUT2D eigenvalue weighted by Gasteiger charge is 2.21. The third kappa shape index (κ3) is 4.48. The van der Waals surface area contributed by atoms with E-state index in [1.54, 1.807) is 6.21 Å². The number of benzene rings is 1. The molecule has 0 radical (unpaired) electrons. The number of nitrogens with zero attached hydrogens (tertiary/aromatic N) is 3. The van der Waals surface area contributed by atoms with Crippen LogP contribution in [0.2, 0.25) is 0 Å². The maximum Gasteiger partial charge on any atom is 0.363 e. The summed E-state index contributed by atoms with van der Waals surface area (Å²) in [6.45, 7) is 10.3. The van der Waals surface area contributed by atoms with Crippen LogP contribution in [0.4, 0.5) is 5.82 Å². The van der Waals surface area contributed by atoms with E-state index in [4.69, 9.17) is 0 Å². The molecular weight excluding hydrogens is 290 g/mol. The van der Waals surface area contributed by atoms with Gasteiger partial charge < -0.3 is 0 Å². The lowest BCUT2D eigenvalue weighted by Gasteiger charge is -2.18. The van der Waals surface area contributed by atoms with Crippen molar-refractivity contribution < 1.29 is 0 Å². The van der Waals surface area contributed by atoms with Crippen molar-refractivity contribution in [1.29, 1.82) is 0 Å². The van der Waals surface area contributed by atoms with Gasteiger partial charge in [-0.05, 0) is 17.0 Å². The van der Waals surface area contributed by atoms with Gasteiger partial charge in [-0.1, -0.05) is 58.9 Å². The van der Waals surface area contributed by atoms with Gasteiger partial charge in [-0.15, -0.1) is 0 Å². The number of nitrogens with one attached hydrogen (secondary N) is 2. The molecule has 23 heavy (non-hydrogen) atoms. The minimum atomic E-state index is -0.503. The van der Waals surface area contributed by atoms with Gasteiger partial charge in [0.2, 0.25) is 0 Å². The summed E-state index contributed by atoms with van der Waals surface area (Å²) in [4.78, 5) is 15.3. The first-order valence-corrected chi connectivity index (χ1v) is 7.63. The maximum atomic E-state index is 11.4. The third-order valence-corrected chi connectivity index (χ3v) is 3.40. The van der Waals surface area contributed by atoms with Gasteiger partial charge in [0, 0.05) is 5.41 Å². The predicted molar refractivity (Wildman–Crippen MR) is 93.1 cm³/mol. The molecular formula is C17H23N5O. The number of hydrogen-bond acceptors (Lipinski definition) is 5. The van der Waals surface area contributed by atoms with Crippen LogP contribution in [0.5, 0.6) is 0 Å². The fourth-order valence-electron chi connectivity index (χ4n) is 2.07. The summed E-state index contributed by atoms with van der Waals surface area (Å²) in [5, 5.41) is 10.6. The van der Waals surface area contributed by atoms with E-state index in [-0.39, 0.29) is 5.41 Å². The molecule has 0 aliphatic carbocycles. The molecule has 0 saturated heterocycles. The van der Waals surface area contributed by atoms with Crippen LogP contribution in [0.3, 0.4) is 0 Å². The Morgan fingerprint density at radius 3 is 2.43 bits per heavy atom. The maximum absolute atomic E-state index is 11.4. The Kier molecular flexibility index (Phi) is 4.93. The van der Waals surface area contributed by atoms with Gasteiger partial charge in [-0.2, -0.15) is 15.2 Å². The molecule has 0 amide bonds. The first kappa shape index (κ1) is 16.9. The standard InChI is InChI=1S/C17H23N5O/c1-11(2)13-8-6-12(7-9-13)10-18-21-15-14(17(3,4)5)20-22-16(23)19-15/h6-11H,1-5H3,(H2,19,21,22,23)/b18-10+. The van der Waals surface area contributed by atoms with E-state index in [1.807, 2.05) is 32.9 Å². The van der Waals surface area contributed by atoms with Crippen molar-refractivity contribution >= 4 is 12.0 Å². The number of aromatic nitrogens is 3. The van der Waals surface area contributed by atoms with Crippen molar-refractivity contribution in [3.63, 3.8) is 0 Å². The molecule has 2 rings (SSSR count). The van der Waals surface area contributed by atoms with Gasteiger partial charge in [0.25, 0.3) is 0 Å². The predicted octanol–water partition coefficient (Wildman–Crippen LogP) is 3.03. The lowest BCUT2D eigenvalue weighted by Crippen LogP contribution is -2.24. The fourth-order valence-corrected chi connectivity index (χ4v) is 2.07. The van der Waals surface area contributed by atoms with Gasteiger partial charge in [-0.25, -0.2) is 9.89 Å². The Balaban J connectivity index is 2.17.